The van der Waals surface area contributed by atoms with E-state index >= 15 is 0 Å². The van der Waals surface area contributed by atoms with Crippen LogP contribution in [0.5, 0.6) is 0 Å². The molecule has 0 unspecified atom stereocenters. The number of aryl methyl sites for hydroxylation is 1. The summed E-state index contributed by atoms with van der Waals surface area (Å²) in [5.74, 6) is 1.33. The summed E-state index contributed by atoms with van der Waals surface area (Å²) in [4.78, 5) is 12.1. The van der Waals surface area contributed by atoms with Crippen molar-refractivity contribution in [1.82, 2.24) is 15.8 Å². The lowest BCUT2D eigenvalue weighted by Gasteiger charge is -2.27. The molecule has 0 atom stereocenters. The first kappa shape index (κ1) is 15.0. The van der Waals surface area contributed by atoms with Crippen LogP contribution in [0.1, 0.15) is 41.6 Å². The Kier molecular flexibility index (Phi) is 5.16. The van der Waals surface area contributed by atoms with Crippen LogP contribution in [0.2, 0.25) is 0 Å². The first-order valence-corrected chi connectivity index (χ1v) is 6.04. The number of halogens is 1. The first-order chi connectivity index (χ1) is 8.09. The fraction of sp³-hybridized carbons (Fsp3) is 0.667. The fourth-order valence-corrected chi connectivity index (χ4v) is 1.88. The number of nitrogens with one attached hydrogen (secondary N) is 2. The normalized spacial score (nSPS) is 15.1. The van der Waals surface area contributed by atoms with Crippen LogP contribution in [0.15, 0.2) is 4.52 Å². The highest BCUT2D eigenvalue weighted by Gasteiger charge is 2.24. The molecule has 0 bridgehead atoms. The Labute approximate surface area is 113 Å². The maximum atomic E-state index is 12.1. The predicted molar refractivity (Wildman–Crippen MR) is 71.3 cm³/mol. The van der Waals surface area contributed by atoms with Crippen molar-refractivity contribution in [3.05, 3.63) is 17.0 Å². The molecule has 18 heavy (non-hydrogen) atoms. The summed E-state index contributed by atoms with van der Waals surface area (Å²) in [5.41, 5.74) is 1.27. The van der Waals surface area contributed by atoms with E-state index in [1.54, 1.807) is 6.92 Å². The Morgan fingerprint density at radius 2 is 2.22 bits per heavy atom. The van der Waals surface area contributed by atoms with E-state index in [1.165, 1.54) is 0 Å². The van der Waals surface area contributed by atoms with Crippen molar-refractivity contribution in [2.24, 2.45) is 5.92 Å². The van der Waals surface area contributed by atoms with Crippen LogP contribution in [-0.4, -0.2) is 30.7 Å². The minimum Gasteiger partial charge on any atom is -0.360 e. The first-order valence-electron chi connectivity index (χ1n) is 6.04. The van der Waals surface area contributed by atoms with Crippen molar-refractivity contribution < 1.29 is 9.32 Å². The van der Waals surface area contributed by atoms with Gasteiger partial charge in [0.2, 0.25) is 0 Å². The molecule has 1 aromatic heterocycles. The number of carbonyl (C=O) groups excluding carboxylic acids is 1. The molecule has 1 aliphatic heterocycles. The standard InChI is InChI=1S/C12H19N3O2.ClH/c1-7(2)11-10(8(3)15-17-11)12(16)14-6-9-4-13-5-9;/h7,9,13H,4-6H2,1-3H3,(H,14,16);1H. The molecular weight excluding hydrogens is 254 g/mol. The molecule has 0 aliphatic carbocycles. The maximum Gasteiger partial charge on any atom is 0.256 e. The van der Waals surface area contributed by atoms with E-state index in [4.69, 9.17) is 4.52 Å². The van der Waals surface area contributed by atoms with E-state index in [9.17, 15) is 4.79 Å². The summed E-state index contributed by atoms with van der Waals surface area (Å²) >= 11 is 0. The van der Waals surface area contributed by atoms with Crippen LogP contribution in [0.25, 0.3) is 0 Å². The fourth-order valence-electron chi connectivity index (χ4n) is 1.88. The van der Waals surface area contributed by atoms with Crippen molar-refractivity contribution in [2.45, 2.75) is 26.7 Å². The van der Waals surface area contributed by atoms with Crippen LogP contribution >= 0.6 is 12.4 Å². The lowest BCUT2D eigenvalue weighted by molar-refractivity contribution is 0.0939. The minimum absolute atomic E-state index is 0. The molecule has 0 aromatic carbocycles. The Hall–Kier alpha value is -1.07. The number of amides is 1. The summed E-state index contributed by atoms with van der Waals surface area (Å²) in [7, 11) is 0. The van der Waals surface area contributed by atoms with Crippen molar-refractivity contribution in [2.75, 3.05) is 19.6 Å². The van der Waals surface area contributed by atoms with Gasteiger partial charge in [-0.15, -0.1) is 12.4 Å². The van der Waals surface area contributed by atoms with E-state index < -0.39 is 0 Å². The molecule has 1 fully saturated rings. The Balaban J connectivity index is 0.00000162. The van der Waals surface area contributed by atoms with Gasteiger partial charge in [0.05, 0.1) is 5.69 Å². The van der Waals surface area contributed by atoms with Gasteiger partial charge in [-0.2, -0.15) is 0 Å². The molecule has 2 rings (SSSR count). The topological polar surface area (TPSA) is 67.2 Å². The zero-order valence-electron chi connectivity index (χ0n) is 10.9. The third kappa shape index (κ3) is 3.03. The quantitative estimate of drug-likeness (QED) is 0.872. The molecule has 1 saturated heterocycles. The summed E-state index contributed by atoms with van der Waals surface area (Å²) in [5, 5.41) is 9.99. The van der Waals surface area contributed by atoms with Crippen LogP contribution in [-0.2, 0) is 0 Å². The minimum atomic E-state index is -0.0700. The van der Waals surface area contributed by atoms with Crippen LogP contribution in [0.3, 0.4) is 0 Å². The maximum absolute atomic E-state index is 12.1. The second-order valence-electron chi connectivity index (χ2n) is 4.90. The highest BCUT2D eigenvalue weighted by atomic mass is 35.5. The van der Waals surface area contributed by atoms with Crippen LogP contribution in [0, 0.1) is 12.8 Å². The van der Waals surface area contributed by atoms with Crippen molar-refractivity contribution in [3.63, 3.8) is 0 Å². The van der Waals surface area contributed by atoms with Gasteiger partial charge in [0.25, 0.3) is 5.91 Å². The Bertz CT molecular complexity index is 413. The Morgan fingerprint density at radius 3 is 2.72 bits per heavy atom. The molecule has 102 valence electrons. The van der Waals surface area contributed by atoms with Gasteiger partial charge in [-0.05, 0) is 6.92 Å². The van der Waals surface area contributed by atoms with Gasteiger partial charge in [-0.25, -0.2) is 0 Å². The van der Waals surface area contributed by atoms with Gasteiger partial charge in [0, 0.05) is 31.5 Å². The van der Waals surface area contributed by atoms with Gasteiger partial charge in [-0.3, -0.25) is 4.79 Å². The molecule has 1 aromatic rings. The van der Waals surface area contributed by atoms with Crippen molar-refractivity contribution in [3.8, 4) is 0 Å². The number of carbonyl (C=O) groups is 1. The molecule has 2 N–H and O–H groups in total. The van der Waals surface area contributed by atoms with E-state index in [-0.39, 0.29) is 24.2 Å². The summed E-state index contributed by atoms with van der Waals surface area (Å²) in [6.07, 6.45) is 0. The number of hydrogen-bond donors (Lipinski definition) is 2. The van der Waals surface area contributed by atoms with E-state index in [0.29, 0.717) is 29.5 Å². The molecule has 0 saturated carbocycles. The number of nitrogens with zero attached hydrogens (tertiary/aromatic N) is 1. The highest BCUT2D eigenvalue weighted by Crippen LogP contribution is 2.22. The van der Waals surface area contributed by atoms with Crippen molar-refractivity contribution >= 4 is 18.3 Å². The lowest BCUT2D eigenvalue weighted by Crippen LogP contribution is -2.48. The van der Waals surface area contributed by atoms with Gasteiger partial charge in [-0.1, -0.05) is 19.0 Å². The predicted octanol–water partition coefficient (Wildman–Crippen LogP) is 1.48. The van der Waals surface area contributed by atoms with Crippen LogP contribution in [0.4, 0.5) is 0 Å². The summed E-state index contributed by atoms with van der Waals surface area (Å²) in [6.45, 7) is 8.47. The largest absolute Gasteiger partial charge is 0.360 e. The second kappa shape index (κ2) is 6.20. The molecule has 2 heterocycles. The number of rotatable bonds is 4. The van der Waals surface area contributed by atoms with Gasteiger partial charge >= 0.3 is 0 Å². The van der Waals surface area contributed by atoms with E-state index in [2.05, 4.69) is 15.8 Å². The monoisotopic (exact) mass is 273 g/mol. The van der Waals surface area contributed by atoms with Gasteiger partial charge in [0.15, 0.2) is 5.76 Å². The zero-order chi connectivity index (χ0) is 12.4. The summed E-state index contributed by atoms with van der Waals surface area (Å²) < 4.78 is 5.20. The lowest BCUT2D eigenvalue weighted by atomic mass is 10.0. The van der Waals surface area contributed by atoms with Gasteiger partial charge in [0.1, 0.15) is 5.56 Å². The average Bonchev–Trinajstić information content (AvgIpc) is 2.57. The van der Waals surface area contributed by atoms with E-state index in [1.807, 2.05) is 13.8 Å². The summed E-state index contributed by atoms with van der Waals surface area (Å²) in [6, 6.07) is 0. The average molecular weight is 274 g/mol. The third-order valence-electron chi connectivity index (χ3n) is 3.06. The third-order valence-corrected chi connectivity index (χ3v) is 3.06. The van der Waals surface area contributed by atoms with Crippen LogP contribution < -0.4 is 10.6 Å². The zero-order valence-corrected chi connectivity index (χ0v) is 11.8. The molecule has 5 nitrogen and oxygen atoms in total. The Morgan fingerprint density at radius 1 is 1.56 bits per heavy atom. The molecule has 0 radical (unpaired) electrons. The second-order valence-corrected chi connectivity index (χ2v) is 4.90. The number of aromatic nitrogens is 1. The molecule has 1 amide bonds. The number of hydrogen-bond acceptors (Lipinski definition) is 4. The van der Waals surface area contributed by atoms with E-state index in [0.717, 1.165) is 13.1 Å². The highest BCUT2D eigenvalue weighted by molar-refractivity contribution is 5.96. The SMILES string of the molecule is Cc1noc(C(C)C)c1C(=O)NCC1CNC1.Cl. The molecule has 6 heteroatoms. The molecule has 1 aliphatic rings. The van der Waals surface area contributed by atoms with Gasteiger partial charge < -0.3 is 15.2 Å². The van der Waals surface area contributed by atoms with Crippen molar-refractivity contribution in [1.29, 1.82) is 0 Å². The molecule has 0 spiro atoms. The smallest absolute Gasteiger partial charge is 0.256 e. The molecular formula is C12H20ClN3O2.